The number of urea groups is 1. The van der Waals surface area contributed by atoms with Crippen LogP contribution in [-0.4, -0.2) is 40.2 Å². The van der Waals surface area contributed by atoms with E-state index in [0.29, 0.717) is 5.69 Å². The van der Waals surface area contributed by atoms with E-state index in [9.17, 15) is 20.0 Å². The van der Waals surface area contributed by atoms with Gasteiger partial charge in [0, 0.05) is 24.9 Å². The molecule has 1 aromatic rings. The van der Waals surface area contributed by atoms with Crippen LogP contribution in [-0.2, 0) is 0 Å². The number of amides is 2. The van der Waals surface area contributed by atoms with Crippen molar-refractivity contribution >= 4 is 17.4 Å². The first-order chi connectivity index (χ1) is 8.77. The van der Waals surface area contributed by atoms with Gasteiger partial charge in [-0.2, -0.15) is 0 Å². The second kappa shape index (κ2) is 5.66. The summed E-state index contributed by atoms with van der Waals surface area (Å²) in [6, 6.07) is 5.14. The highest BCUT2D eigenvalue weighted by atomic mass is 16.6. The molecule has 2 N–H and O–H groups in total. The number of nitro benzene ring substituents is 1. The number of aliphatic hydroxyl groups is 1. The van der Waals surface area contributed by atoms with Crippen molar-refractivity contribution in [2.45, 2.75) is 19.4 Å². The standard InChI is InChI=1S/C12H17N3O4/c1-12(2,8-16)14(3)11(17)13-9-4-6-10(7-5-9)15(18)19/h4-7,16H,8H2,1-3H3,(H,13,17). The molecule has 0 aliphatic rings. The summed E-state index contributed by atoms with van der Waals surface area (Å²) in [6.07, 6.45) is 0. The van der Waals surface area contributed by atoms with E-state index in [1.165, 1.54) is 29.2 Å². The topological polar surface area (TPSA) is 95.7 Å². The summed E-state index contributed by atoms with van der Waals surface area (Å²) in [5.74, 6) is 0. The Labute approximate surface area is 111 Å². The third kappa shape index (κ3) is 3.65. The van der Waals surface area contributed by atoms with Crippen LogP contribution in [0.1, 0.15) is 13.8 Å². The minimum Gasteiger partial charge on any atom is -0.394 e. The van der Waals surface area contributed by atoms with Crippen molar-refractivity contribution in [3.8, 4) is 0 Å². The van der Waals surface area contributed by atoms with E-state index in [2.05, 4.69) is 5.32 Å². The van der Waals surface area contributed by atoms with E-state index in [1.54, 1.807) is 20.9 Å². The summed E-state index contributed by atoms with van der Waals surface area (Å²) in [5.41, 5.74) is -0.275. The molecule has 0 aliphatic heterocycles. The van der Waals surface area contributed by atoms with E-state index >= 15 is 0 Å². The zero-order chi connectivity index (χ0) is 14.6. The van der Waals surface area contributed by atoms with Gasteiger partial charge < -0.3 is 15.3 Å². The number of hydrogen-bond donors (Lipinski definition) is 2. The first-order valence-corrected chi connectivity index (χ1v) is 5.68. The quantitative estimate of drug-likeness (QED) is 0.642. The fourth-order valence-corrected chi connectivity index (χ4v) is 1.25. The molecule has 0 saturated heterocycles. The van der Waals surface area contributed by atoms with Gasteiger partial charge in [-0.15, -0.1) is 0 Å². The molecule has 1 rings (SSSR count). The van der Waals surface area contributed by atoms with Gasteiger partial charge in [-0.05, 0) is 26.0 Å². The number of benzene rings is 1. The predicted molar refractivity (Wildman–Crippen MR) is 71.0 cm³/mol. The van der Waals surface area contributed by atoms with Gasteiger partial charge in [-0.25, -0.2) is 4.79 Å². The molecule has 0 heterocycles. The van der Waals surface area contributed by atoms with E-state index < -0.39 is 16.5 Å². The van der Waals surface area contributed by atoms with Crippen LogP contribution in [0.15, 0.2) is 24.3 Å². The molecule has 7 nitrogen and oxygen atoms in total. The maximum Gasteiger partial charge on any atom is 0.322 e. The molecular weight excluding hydrogens is 250 g/mol. The number of nitrogens with zero attached hydrogens (tertiary/aromatic N) is 2. The molecule has 0 aromatic heterocycles. The zero-order valence-electron chi connectivity index (χ0n) is 11.1. The van der Waals surface area contributed by atoms with Crippen molar-refractivity contribution in [2.75, 3.05) is 19.0 Å². The lowest BCUT2D eigenvalue weighted by Crippen LogP contribution is -2.49. The number of likely N-dealkylation sites (N-methyl/N-ethyl adjacent to an activating group) is 1. The highest BCUT2D eigenvalue weighted by molar-refractivity contribution is 5.89. The Kier molecular flexibility index (Phi) is 4.44. The summed E-state index contributed by atoms with van der Waals surface area (Å²) < 4.78 is 0. The SMILES string of the molecule is CN(C(=O)Nc1ccc([N+](=O)[O-])cc1)C(C)(C)CO. The molecule has 1 aromatic carbocycles. The van der Waals surface area contributed by atoms with E-state index in [4.69, 9.17) is 0 Å². The maximum absolute atomic E-state index is 11.9. The first kappa shape index (κ1) is 14.9. The Morgan fingerprint density at radius 3 is 2.37 bits per heavy atom. The zero-order valence-corrected chi connectivity index (χ0v) is 11.1. The normalized spacial score (nSPS) is 10.9. The minimum absolute atomic E-state index is 0.0398. The molecule has 0 fully saturated rings. The van der Waals surface area contributed by atoms with Gasteiger partial charge in [-0.3, -0.25) is 10.1 Å². The lowest BCUT2D eigenvalue weighted by atomic mass is 10.1. The Balaban J connectivity index is 2.74. The summed E-state index contributed by atoms with van der Waals surface area (Å²) in [4.78, 5) is 23.3. The maximum atomic E-state index is 11.9. The molecule has 0 atom stereocenters. The van der Waals surface area contributed by atoms with Gasteiger partial charge in [0.25, 0.3) is 5.69 Å². The Bertz CT molecular complexity index is 470. The highest BCUT2D eigenvalue weighted by Crippen LogP contribution is 2.17. The number of non-ortho nitro benzene ring substituents is 1. The van der Waals surface area contributed by atoms with Gasteiger partial charge in [0.15, 0.2) is 0 Å². The fraction of sp³-hybridized carbons (Fsp3) is 0.417. The Morgan fingerprint density at radius 1 is 1.42 bits per heavy atom. The molecule has 104 valence electrons. The number of carbonyl (C=O) groups is 1. The van der Waals surface area contributed by atoms with Crippen molar-refractivity contribution in [2.24, 2.45) is 0 Å². The Morgan fingerprint density at radius 2 is 1.95 bits per heavy atom. The van der Waals surface area contributed by atoms with Gasteiger partial charge in [0.05, 0.1) is 17.1 Å². The summed E-state index contributed by atoms with van der Waals surface area (Å²) in [5, 5.41) is 22.3. The average molecular weight is 267 g/mol. The highest BCUT2D eigenvalue weighted by Gasteiger charge is 2.26. The largest absolute Gasteiger partial charge is 0.394 e. The van der Waals surface area contributed by atoms with E-state index in [0.717, 1.165) is 0 Å². The number of rotatable bonds is 4. The van der Waals surface area contributed by atoms with Crippen LogP contribution in [0.3, 0.4) is 0 Å². The fourth-order valence-electron chi connectivity index (χ4n) is 1.25. The lowest BCUT2D eigenvalue weighted by molar-refractivity contribution is -0.384. The van der Waals surface area contributed by atoms with Gasteiger partial charge in [-0.1, -0.05) is 0 Å². The number of carbonyl (C=O) groups excluding carboxylic acids is 1. The second-order valence-corrected chi connectivity index (χ2v) is 4.76. The molecular formula is C12H17N3O4. The summed E-state index contributed by atoms with van der Waals surface area (Å²) in [7, 11) is 1.57. The smallest absolute Gasteiger partial charge is 0.322 e. The number of nitro groups is 1. The van der Waals surface area contributed by atoms with Crippen LogP contribution in [0, 0.1) is 10.1 Å². The van der Waals surface area contributed by atoms with Crippen molar-refractivity contribution in [3.63, 3.8) is 0 Å². The molecule has 2 amide bonds. The molecule has 0 bridgehead atoms. The number of anilines is 1. The summed E-state index contributed by atoms with van der Waals surface area (Å²) in [6.45, 7) is 3.28. The van der Waals surface area contributed by atoms with Crippen LogP contribution in [0.4, 0.5) is 16.2 Å². The van der Waals surface area contributed by atoms with Crippen LogP contribution >= 0.6 is 0 Å². The van der Waals surface area contributed by atoms with Crippen molar-refractivity contribution in [1.29, 1.82) is 0 Å². The van der Waals surface area contributed by atoms with Crippen molar-refractivity contribution in [1.82, 2.24) is 4.90 Å². The molecule has 0 unspecified atom stereocenters. The third-order valence-electron chi connectivity index (χ3n) is 2.93. The molecule has 0 saturated carbocycles. The molecule has 0 spiro atoms. The lowest BCUT2D eigenvalue weighted by Gasteiger charge is -2.33. The third-order valence-corrected chi connectivity index (χ3v) is 2.93. The average Bonchev–Trinajstić information content (AvgIpc) is 2.38. The predicted octanol–water partition coefficient (Wildman–Crippen LogP) is 1.83. The van der Waals surface area contributed by atoms with Crippen LogP contribution in [0.25, 0.3) is 0 Å². The molecule has 7 heteroatoms. The van der Waals surface area contributed by atoms with E-state index in [1.807, 2.05) is 0 Å². The minimum atomic E-state index is -0.690. The van der Waals surface area contributed by atoms with Crippen molar-refractivity contribution in [3.05, 3.63) is 34.4 Å². The number of nitrogens with one attached hydrogen (secondary N) is 1. The van der Waals surface area contributed by atoms with E-state index in [-0.39, 0.29) is 12.3 Å². The van der Waals surface area contributed by atoms with Crippen molar-refractivity contribution < 1.29 is 14.8 Å². The number of aliphatic hydroxyl groups excluding tert-OH is 1. The monoisotopic (exact) mass is 267 g/mol. The molecule has 0 aliphatic carbocycles. The van der Waals surface area contributed by atoms with Gasteiger partial charge in [0.1, 0.15) is 0 Å². The van der Waals surface area contributed by atoms with Crippen LogP contribution < -0.4 is 5.32 Å². The first-order valence-electron chi connectivity index (χ1n) is 5.68. The second-order valence-electron chi connectivity index (χ2n) is 4.76. The summed E-state index contributed by atoms with van der Waals surface area (Å²) >= 11 is 0. The Hall–Kier alpha value is -2.15. The van der Waals surface area contributed by atoms with Crippen LogP contribution in [0.2, 0.25) is 0 Å². The molecule has 0 radical (unpaired) electrons. The van der Waals surface area contributed by atoms with Gasteiger partial charge >= 0.3 is 6.03 Å². The molecule has 19 heavy (non-hydrogen) atoms. The van der Waals surface area contributed by atoms with Gasteiger partial charge in [0.2, 0.25) is 0 Å². The number of hydrogen-bond acceptors (Lipinski definition) is 4. The van der Waals surface area contributed by atoms with Crippen LogP contribution in [0.5, 0.6) is 0 Å².